The Bertz CT molecular complexity index is 853. The summed E-state index contributed by atoms with van der Waals surface area (Å²) < 4.78 is 29.4. The summed E-state index contributed by atoms with van der Waals surface area (Å²) in [4.78, 5) is 0.324. The molecule has 0 unspecified atom stereocenters. The number of hydrogen-bond donors (Lipinski definition) is 1. The van der Waals surface area contributed by atoms with Crippen LogP contribution in [0, 0.1) is 5.92 Å². The second-order valence-corrected chi connectivity index (χ2v) is 8.96. The molecule has 2 N–H and O–H groups in total. The molecule has 1 heterocycles. The Morgan fingerprint density at radius 3 is 2.58 bits per heavy atom. The van der Waals surface area contributed by atoms with Gasteiger partial charge in [0.15, 0.2) is 9.84 Å². The number of ether oxygens (including phenoxy) is 1. The number of hydrogen-bond acceptors (Lipinski definition) is 5. The predicted octanol–water partition coefficient (Wildman–Crippen LogP) is 2.97. The van der Waals surface area contributed by atoms with Crippen LogP contribution in [-0.4, -0.2) is 33.3 Å². The smallest absolute Gasteiger partial charge is 0.175 e. The minimum absolute atomic E-state index is 0.108. The molecule has 0 saturated carbocycles. The van der Waals surface area contributed by atoms with Gasteiger partial charge in [-0.1, -0.05) is 30.3 Å². The fourth-order valence-electron chi connectivity index (χ4n) is 3.86. The van der Waals surface area contributed by atoms with Gasteiger partial charge < -0.3 is 4.74 Å². The molecule has 1 aliphatic rings. The molecular weight excluding hydrogens is 348 g/mol. The van der Waals surface area contributed by atoms with Gasteiger partial charge in [0.2, 0.25) is 0 Å². The van der Waals surface area contributed by atoms with Crippen LogP contribution in [0.4, 0.5) is 0 Å². The molecule has 26 heavy (non-hydrogen) atoms. The molecule has 0 radical (unpaired) electrons. The minimum Gasteiger partial charge on any atom is -0.496 e. The van der Waals surface area contributed by atoms with E-state index in [1.807, 2.05) is 23.2 Å². The molecular formula is C20H26N2O3S. The highest BCUT2D eigenvalue weighted by atomic mass is 32.2. The van der Waals surface area contributed by atoms with E-state index >= 15 is 0 Å². The van der Waals surface area contributed by atoms with Gasteiger partial charge in [0.1, 0.15) is 5.75 Å². The molecule has 2 aromatic carbocycles. The molecule has 3 rings (SSSR count). The van der Waals surface area contributed by atoms with Crippen molar-refractivity contribution < 1.29 is 13.2 Å². The van der Waals surface area contributed by atoms with E-state index in [1.165, 1.54) is 11.8 Å². The van der Waals surface area contributed by atoms with Crippen LogP contribution in [0.1, 0.15) is 30.0 Å². The van der Waals surface area contributed by atoms with E-state index in [1.54, 1.807) is 25.3 Å². The quantitative estimate of drug-likeness (QED) is 0.815. The van der Waals surface area contributed by atoms with Gasteiger partial charge in [-0.05, 0) is 54.5 Å². The van der Waals surface area contributed by atoms with Crippen molar-refractivity contribution in [2.24, 2.45) is 11.8 Å². The first kappa shape index (κ1) is 18.9. The summed E-state index contributed by atoms with van der Waals surface area (Å²) in [6.45, 7) is 0.858. The molecule has 0 aromatic heterocycles. The fraction of sp³-hybridized carbons (Fsp3) is 0.400. The van der Waals surface area contributed by atoms with Crippen LogP contribution in [0.2, 0.25) is 0 Å². The zero-order valence-corrected chi connectivity index (χ0v) is 16.1. The maximum atomic E-state index is 11.9. The van der Waals surface area contributed by atoms with Gasteiger partial charge in [-0.15, -0.1) is 0 Å². The van der Waals surface area contributed by atoms with Crippen molar-refractivity contribution in [3.05, 3.63) is 59.7 Å². The third-order valence-electron chi connectivity index (χ3n) is 5.10. The summed E-state index contributed by atoms with van der Waals surface area (Å²) in [5.74, 6) is 7.34. The number of nitrogens with two attached hydrogens (primary N) is 1. The molecule has 6 heteroatoms. The Morgan fingerprint density at radius 1 is 1.19 bits per heavy atom. The molecule has 2 atom stereocenters. The number of methoxy groups -OCH3 is 1. The third kappa shape index (κ3) is 4.09. The molecule has 2 aromatic rings. The van der Waals surface area contributed by atoms with Gasteiger partial charge in [-0.25, -0.2) is 13.4 Å². The lowest BCUT2D eigenvalue weighted by Crippen LogP contribution is -2.44. The standard InChI is InChI=1S/C20H26N2O3S/c1-25-19-11-10-18(26(2,23)24)14-17(19)13-16-9-6-12-22(21)20(16)15-7-4-3-5-8-15/h3-5,7-8,10-11,14,16,20H,6,9,12-13,21H2,1-2H3/t16-,20+/m0/s1. The largest absolute Gasteiger partial charge is 0.496 e. The zero-order valence-electron chi connectivity index (χ0n) is 15.3. The summed E-state index contributed by atoms with van der Waals surface area (Å²) in [6.07, 6.45) is 4.02. The highest BCUT2D eigenvalue weighted by Crippen LogP contribution is 2.38. The highest BCUT2D eigenvalue weighted by Gasteiger charge is 2.31. The number of piperidine rings is 1. The van der Waals surface area contributed by atoms with E-state index in [0.717, 1.165) is 37.1 Å². The number of nitrogens with zero attached hydrogens (tertiary/aromatic N) is 1. The van der Waals surface area contributed by atoms with Crippen LogP contribution in [0.15, 0.2) is 53.4 Å². The van der Waals surface area contributed by atoms with Gasteiger partial charge in [-0.3, -0.25) is 5.84 Å². The van der Waals surface area contributed by atoms with Gasteiger partial charge in [0.05, 0.1) is 18.0 Å². The van der Waals surface area contributed by atoms with Gasteiger partial charge in [0.25, 0.3) is 0 Å². The van der Waals surface area contributed by atoms with Crippen LogP contribution < -0.4 is 10.6 Å². The average molecular weight is 375 g/mol. The van der Waals surface area contributed by atoms with E-state index in [0.29, 0.717) is 10.8 Å². The summed E-state index contributed by atoms with van der Waals surface area (Å²) >= 11 is 0. The van der Waals surface area contributed by atoms with E-state index in [-0.39, 0.29) is 6.04 Å². The first-order chi connectivity index (χ1) is 12.4. The molecule has 0 amide bonds. The number of benzene rings is 2. The van der Waals surface area contributed by atoms with Crippen molar-refractivity contribution >= 4 is 9.84 Å². The number of sulfone groups is 1. The van der Waals surface area contributed by atoms with Crippen molar-refractivity contribution in [1.29, 1.82) is 0 Å². The molecule has 1 aliphatic heterocycles. The summed E-state index contributed by atoms with van der Waals surface area (Å²) in [7, 11) is -1.64. The maximum absolute atomic E-state index is 11.9. The zero-order chi connectivity index (χ0) is 18.7. The minimum atomic E-state index is -3.26. The lowest BCUT2D eigenvalue weighted by molar-refractivity contribution is 0.0922. The SMILES string of the molecule is COc1ccc(S(C)(=O)=O)cc1C[C@@H]1CCCN(N)[C@@H]1c1ccccc1. The maximum Gasteiger partial charge on any atom is 0.175 e. The monoisotopic (exact) mass is 374 g/mol. The Labute approximate surface area is 155 Å². The molecule has 0 bridgehead atoms. The average Bonchev–Trinajstić information content (AvgIpc) is 2.62. The van der Waals surface area contributed by atoms with Crippen molar-refractivity contribution in [3.8, 4) is 5.75 Å². The molecule has 5 nitrogen and oxygen atoms in total. The van der Waals surface area contributed by atoms with E-state index in [2.05, 4.69) is 12.1 Å². The number of hydrazine groups is 1. The topological polar surface area (TPSA) is 72.6 Å². The highest BCUT2D eigenvalue weighted by molar-refractivity contribution is 7.90. The van der Waals surface area contributed by atoms with E-state index in [9.17, 15) is 8.42 Å². The van der Waals surface area contributed by atoms with Gasteiger partial charge >= 0.3 is 0 Å². The Hall–Kier alpha value is -1.89. The summed E-state index contributed by atoms with van der Waals surface area (Å²) in [5, 5.41) is 1.91. The van der Waals surface area contributed by atoms with E-state index < -0.39 is 9.84 Å². The van der Waals surface area contributed by atoms with Crippen molar-refractivity contribution in [3.63, 3.8) is 0 Å². The lowest BCUT2D eigenvalue weighted by atomic mass is 9.81. The molecule has 1 saturated heterocycles. The second kappa shape index (κ2) is 7.78. The molecule has 0 spiro atoms. The van der Waals surface area contributed by atoms with Crippen LogP contribution in [-0.2, 0) is 16.3 Å². The normalized spacial score (nSPS) is 21.5. The summed E-state index contributed by atoms with van der Waals surface area (Å²) in [6, 6.07) is 15.5. The van der Waals surface area contributed by atoms with E-state index in [4.69, 9.17) is 10.6 Å². The van der Waals surface area contributed by atoms with Crippen LogP contribution in [0.25, 0.3) is 0 Å². The molecule has 140 valence electrons. The third-order valence-corrected chi connectivity index (χ3v) is 6.21. The van der Waals surface area contributed by atoms with Crippen molar-refractivity contribution in [1.82, 2.24) is 5.01 Å². The lowest BCUT2D eigenvalue weighted by Gasteiger charge is -2.39. The van der Waals surface area contributed by atoms with Crippen LogP contribution in [0.5, 0.6) is 5.75 Å². The predicted molar refractivity (Wildman–Crippen MR) is 103 cm³/mol. The van der Waals surface area contributed by atoms with Crippen molar-refractivity contribution in [2.75, 3.05) is 19.9 Å². The molecule has 0 aliphatic carbocycles. The fourth-order valence-corrected chi connectivity index (χ4v) is 4.53. The molecule has 1 fully saturated rings. The van der Waals surface area contributed by atoms with Gasteiger partial charge in [-0.2, -0.15) is 0 Å². The van der Waals surface area contributed by atoms with Gasteiger partial charge in [0, 0.05) is 12.8 Å². The Balaban J connectivity index is 1.95. The first-order valence-electron chi connectivity index (χ1n) is 8.83. The number of rotatable bonds is 5. The second-order valence-electron chi connectivity index (χ2n) is 6.95. The van der Waals surface area contributed by atoms with Crippen molar-refractivity contribution in [2.45, 2.75) is 30.2 Å². The van der Waals surface area contributed by atoms with Crippen LogP contribution in [0.3, 0.4) is 0 Å². The van der Waals surface area contributed by atoms with Crippen LogP contribution >= 0.6 is 0 Å². The first-order valence-corrected chi connectivity index (χ1v) is 10.7. The Morgan fingerprint density at radius 2 is 1.92 bits per heavy atom. The Kier molecular flexibility index (Phi) is 5.65. The summed E-state index contributed by atoms with van der Waals surface area (Å²) in [5.41, 5.74) is 2.11.